The summed E-state index contributed by atoms with van der Waals surface area (Å²) in [5, 5.41) is 9.05. The number of hydrogen-bond acceptors (Lipinski definition) is 2. The molecule has 0 radical (unpaired) electrons. The van der Waals surface area contributed by atoms with Crippen molar-refractivity contribution in [1.82, 2.24) is 0 Å². The van der Waals surface area contributed by atoms with E-state index >= 15 is 0 Å². The van der Waals surface area contributed by atoms with E-state index in [1.165, 1.54) is 0 Å². The van der Waals surface area contributed by atoms with Crippen molar-refractivity contribution in [2.45, 2.75) is 18.3 Å². The van der Waals surface area contributed by atoms with Crippen LogP contribution in [0.3, 0.4) is 0 Å². The summed E-state index contributed by atoms with van der Waals surface area (Å²) in [6.45, 7) is 0. The zero-order valence-electron chi connectivity index (χ0n) is 8.06. The summed E-state index contributed by atoms with van der Waals surface area (Å²) in [5.74, 6) is -2.03. The molecule has 1 aromatic carbocycles. The maximum Gasteiger partial charge on any atom is 0.159 e. The van der Waals surface area contributed by atoms with Crippen molar-refractivity contribution >= 4 is 21.7 Å². The molecule has 0 saturated heterocycles. The van der Waals surface area contributed by atoms with Crippen molar-refractivity contribution < 1.29 is 13.6 Å². The van der Waals surface area contributed by atoms with Crippen molar-refractivity contribution in [3.63, 3.8) is 0 Å². The monoisotopic (exact) mass is 285 g/mol. The lowest BCUT2D eigenvalue weighted by Gasteiger charge is -2.34. The number of ketones is 1. The quantitative estimate of drug-likeness (QED) is 0.745. The molecule has 0 amide bonds. The number of rotatable bonds is 1. The van der Waals surface area contributed by atoms with Crippen LogP contribution in [0.4, 0.5) is 8.78 Å². The molecule has 82 valence electrons. The van der Waals surface area contributed by atoms with Gasteiger partial charge in [0.2, 0.25) is 0 Å². The molecule has 0 bridgehead atoms. The van der Waals surface area contributed by atoms with Crippen molar-refractivity contribution in [2.24, 2.45) is 0 Å². The van der Waals surface area contributed by atoms with Gasteiger partial charge in [-0.2, -0.15) is 5.26 Å². The molecule has 0 aliphatic heterocycles. The van der Waals surface area contributed by atoms with Gasteiger partial charge in [0.15, 0.2) is 11.6 Å². The summed E-state index contributed by atoms with van der Waals surface area (Å²) in [5.41, 5.74) is -0.654. The molecule has 1 saturated carbocycles. The van der Waals surface area contributed by atoms with Gasteiger partial charge in [0.25, 0.3) is 0 Å². The van der Waals surface area contributed by atoms with Crippen LogP contribution >= 0.6 is 15.9 Å². The van der Waals surface area contributed by atoms with Gasteiger partial charge in [-0.15, -0.1) is 0 Å². The van der Waals surface area contributed by atoms with E-state index in [1.54, 1.807) is 0 Å². The van der Waals surface area contributed by atoms with Gasteiger partial charge in [0.1, 0.15) is 5.78 Å². The zero-order chi connectivity index (χ0) is 11.9. The molecular formula is C11H6BrF2NO. The average molecular weight is 286 g/mol. The smallest absolute Gasteiger partial charge is 0.159 e. The molecule has 0 spiro atoms. The second-order valence-corrected chi connectivity index (χ2v) is 4.69. The third-order valence-corrected chi connectivity index (χ3v) is 3.39. The number of benzene rings is 1. The summed E-state index contributed by atoms with van der Waals surface area (Å²) in [6, 6.07) is 3.97. The van der Waals surface area contributed by atoms with E-state index in [1.807, 2.05) is 6.07 Å². The van der Waals surface area contributed by atoms with Crippen LogP contribution < -0.4 is 0 Å². The van der Waals surface area contributed by atoms with Crippen LogP contribution in [-0.4, -0.2) is 5.78 Å². The number of hydrogen-bond donors (Lipinski definition) is 0. The average Bonchev–Trinajstić information content (AvgIpc) is 2.19. The van der Waals surface area contributed by atoms with Crippen molar-refractivity contribution in [3.05, 3.63) is 33.8 Å². The van der Waals surface area contributed by atoms with Gasteiger partial charge < -0.3 is 0 Å². The lowest BCUT2D eigenvalue weighted by Crippen LogP contribution is -2.40. The van der Waals surface area contributed by atoms with E-state index in [4.69, 9.17) is 5.26 Å². The summed E-state index contributed by atoms with van der Waals surface area (Å²) < 4.78 is 26.3. The van der Waals surface area contributed by atoms with E-state index in [2.05, 4.69) is 15.9 Å². The van der Waals surface area contributed by atoms with Crippen LogP contribution in [-0.2, 0) is 10.2 Å². The second-order valence-electron chi connectivity index (χ2n) is 3.83. The Labute approximate surface area is 99.0 Å². The molecule has 0 atom stereocenters. The maximum absolute atomic E-state index is 13.1. The molecule has 0 aromatic heterocycles. The molecule has 2 nitrogen and oxygen atoms in total. The minimum Gasteiger partial charge on any atom is -0.300 e. The van der Waals surface area contributed by atoms with E-state index in [-0.39, 0.29) is 18.6 Å². The molecule has 0 unspecified atom stereocenters. The Bertz CT molecular complexity index is 513. The molecule has 1 aromatic rings. The lowest BCUT2D eigenvalue weighted by molar-refractivity contribution is -0.126. The van der Waals surface area contributed by atoms with Gasteiger partial charge in [0, 0.05) is 17.3 Å². The maximum atomic E-state index is 13.1. The summed E-state index contributed by atoms with van der Waals surface area (Å²) in [4.78, 5) is 11.0. The Morgan fingerprint density at radius 1 is 1.31 bits per heavy atom. The topological polar surface area (TPSA) is 40.9 Å². The third-order valence-electron chi connectivity index (χ3n) is 2.74. The highest BCUT2D eigenvalue weighted by molar-refractivity contribution is 9.10. The number of carbonyl (C=O) groups is 1. The van der Waals surface area contributed by atoms with Gasteiger partial charge in [-0.1, -0.05) is 15.9 Å². The molecule has 1 fully saturated rings. The highest BCUT2D eigenvalue weighted by Crippen LogP contribution is 2.44. The largest absolute Gasteiger partial charge is 0.300 e. The first-order chi connectivity index (χ1) is 7.48. The Balaban J connectivity index is 2.53. The minimum atomic E-state index is -1.01. The van der Waals surface area contributed by atoms with Crippen LogP contribution in [0.2, 0.25) is 0 Å². The minimum absolute atomic E-state index is 0.0433. The highest BCUT2D eigenvalue weighted by atomic mass is 79.9. The molecule has 1 aliphatic carbocycles. The van der Waals surface area contributed by atoms with E-state index in [0.29, 0.717) is 10.0 Å². The Morgan fingerprint density at radius 3 is 2.38 bits per heavy atom. The number of nitriles is 1. The van der Waals surface area contributed by atoms with Crippen molar-refractivity contribution in [3.8, 4) is 6.07 Å². The van der Waals surface area contributed by atoms with Gasteiger partial charge >= 0.3 is 0 Å². The Morgan fingerprint density at radius 2 is 1.88 bits per heavy atom. The predicted octanol–water partition coefficient (Wildman–Crippen LogP) is 2.85. The van der Waals surface area contributed by atoms with E-state index < -0.39 is 17.0 Å². The second kappa shape index (κ2) is 3.63. The molecule has 0 N–H and O–H groups in total. The highest BCUT2D eigenvalue weighted by Gasteiger charge is 2.46. The fourth-order valence-corrected chi connectivity index (χ4v) is 2.54. The van der Waals surface area contributed by atoms with Gasteiger partial charge in [-0.05, 0) is 17.7 Å². The van der Waals surface area contributed by atoms with Crippen LogP contribution in [0, 0.1) is 23.0 Å². The summed E-state index contributed by atoms with van der Waals surface area (Å²) >= 11 is 3.08. The standard InChI is InChI=1S/C11H6BrF2NO/c12-8-2-10(14)9(13)1-7(8)11(5-15)3-6(16)4-11/h1-2H,3-4H2. The van der Waals surface area contributed by atoms with Crippen LogP contribution in [0.5, 0.6) is 0 Å². The fraction of sp³-hybridized carbons (Fsp3) is 0.273. The van der Waals surface area contributed by atoms with Crippen molar-refractivity contribution in [1.29, 1.82) is 5.26 Å². The van der Waals surface area contributed by atoms with E-state index in [9.17, 15) is 13.6 Å². The van der Waals surface area contributed by atoms with Crippen LogP contribution in [0.1, 0.15) is 18.4 Å². The lowest BCUT2D eigenvalue weighted by atomic mass is 9.65. The molecule has 0 heterocycles. The first-order valence-electron chi connectivity index (χ1n) is 4.56. The van der Waals surface area contributed by atoms with Crippen molar-refractivity contribution in [2.75, 3.05) is 0 Å². The first kappa shape index (κ1) is 11.2. The third kappa shape index (κ3) is 1.54. The molecule has 2 rings (SSSR count). The number of Topliss-reactive ketones (excluding diaryl/α,β-unsaturated/α-hetero) is 1. The van der Waals surface area contributed by atoms with Gasteiger partial charge in [0.05, 0.1) is 11.5 Å². The number of halogens is 3. The molecule has 1 aliphatic rings. The fourth-order valence-electron chi connectivity index (χ4n) is 1.84. The number of nitrogens with zero attached hydrogens (tertiary/aromatic N) is 1. The van der Waals surface area contributed by atoms with E-state index in [0.717, 1.165) is 12.1 Å². The normalized spacial score (nSPS) is 17.8. The Hall–Kier alpha value is -1.28. The Kier molecular flexibility index (Phi) is 2.55. The summed E-state index contributed by atoms with van der Waals surface area (Å²) in [7, 11) is 0. The molecule has 16 heavy (non-hydrogen) atoms. The van der Waals surface area contributed by atoms with Crippen LogP contribution in [0.25, 0.3) is 0 Å². The van der Waals surface area contributed by atoms with Gasteiger partial charge in [-0.3, -0.25) is 4.79 Å². The SMILES string of the molecule is N#CC1(c2cc(F)c(F)cc2Br)CC(=O)C1. The number of carbonyl (C=O) groups excluding carboxylic acids is 1. The first-order valence-corrected chi connectivity index (χ1v) is 5.36. The molecular weight excluding hydrogens is 280 g/mol. The van der Waals surface area contributed by atoms with Gasteiger partial charge in [-0.25, -0.2) is 8.78 Å². The predicted molar refractivity (Wildman–Crippen MR) is 55.6 cm³/mol. The molecule has 5 heteroatoms. The van der Waals surface area contributed by atoms with Crippen LogP contribution in [0.15, 0.2) is 16.6 Å². The summed E-state index contributed by atoms with van der Waals surface area (Å²) in [6.07, 6.45) is 0.125. The zero-order valence-corrected chi connectivity index (χ0v) is 9.64.